The summed E-state index contributed by atoms with van der Waals surface area (Å²) in [5.41, 5.74) is 0. The quantitative estimate of drug-likeness (QED) is 0.520. The Labute approximate surface area is 126 Å². The van der Waals surface area contributed by atoms with E-state index in [9.17, 15) is 0 Å². The van der Waals surface area contributed by atoms with Crippen LogP contribution in [0, 0.1) is 23.7 Å². The van der Waals surface area contributed by atoms with Gasteiger partial charge in [0, 0.05) is 24.9 Å². The molecule has 0 saturated carbocycles. The maximum absolute atomic E-state index is 3.25. The molecule has 0 bridgehead atoms. The Balaban J connectivity index is 3.55. The predicted molar refractivity (Wildman–Crippen MR) is 89.6 cm³/mol. The van der Waals surface area contributed by atoms with E-state index >= 15 is 0 Å². The number of hydrogen-bond acceptors (Lipinski definition) is 2. The van der Waals surface area contributed by atoms with E-state index in [0.717, 1.165) is 38.8 Å². The van der Waals surface area contributed by atoms with Gasteiger partial charge in [0.2, 0.25) is 0 Å². The molecule has 114 valence electrons. The van der Waals surface area contributed by atoms with Crippen molar-refractivity contribution in [3.63, 3.8) is 0 Å². The van der Waals surface area contributed by atoms with Crippen molar-refractivity contribution >= 4 is 0 Å². The highest BCUT2D eigenvalue weighted by Crippen LogP contribution is 1.98. The van der Waals surface area contributed by atoms with Crippen LogP contribution in [-0.4, -0.2) is 49.1 Å². The molecule has 0 aliphatic heterocycles. The summed E-state index contributed by atoms with van der Waals surface area (Å²) in [5, 5.41) is 0. The zero-order chi connectivity index (χ0) is 15.4. The van der Waals surface area contributed by atoms with E-state index in [1.165, 1.54) is 0 Å². The third kappa shape index (κ3) is 10.9. The van der Waals surface area contributed by atoms with Gasteiger partial charge in [-0.15, -0.1) is 11.8 Å². The summed E-state index contributed by atoms with van der Waals surface area (Å²) >= 11 is 0. The molecule has 0 rings (SSSR count). The first kappa shape index (κ1) is 19.0. The monoisotopic (exact) mass is 276 g/mol. The van der Waals surface area contributed by atoms with Crippen LogP contribution in [0.2, 0.25) is 0 Å². The second-order valence-corrected chi connectivity index (χ2v) is 5.93. The minimum absolute atomic E-state index is 0.573. The number of nitrogens with zero attached hydrogens (tertiary/aromatic N) is 2. The summed E-state index contributed by atoms with van der Waals surface area (Å²) in [5.74, 6) is 13.0. The zero-order valence-electron chi connectivity index (χ0n) is 14.3. The molecule has 0 aromatic rings. The van der Waals surface area contributed by atoms with Gasteiger partial charge in [-0.05, 0) is 54.6 Å². The van der Waals surface area contributed by atoms with Gasteiger partial charge in [-0.1, -0.05) is 11.8 Å². The lowest BCUT2D eigenvalue weighted by atomic mass is 10.2. The summed E-state index contributed by atoms with van der Waals surface area (Å²) in [4.78, 5) is 4.51. The van der Waals surface area contributed by atoms with E-state index in [2.05, 4.69) is 75.3 Å². The molecule has 2 heteroatoms. The van der Waals surface area contributed by atoms with Gasteiger partial charge >= 0.3 is 0 Å². The van der Waals surface area contributed by atoms with Crippen molar-refractivity contribution in [1.82, 2.24) is 9.80 Å². The molecule has 0 aliphatic rings. The highest BCUT2D eigenvalue weighted by Gasteiger charge is 1.99. The normalized spacial score (nSPS) is 10.7. The molecule has 0 spiro atoms. The second kappa shape index (κ2) is 11.8. The van der Waals surface area contributed by atoms with Gasteiger partial charge in [-0.3, -0.25) is 9.80 Å². The fourth-order valence-electron chi connectivity index (χ4n) is 1.33. The van der Waals surface area contributed by atoms with Crippen LogP contribution in [0.3, 0.4) is 0 Å². The van der Waals surface area contributed by atoms with E-state index in [1.54, 1.807) is 0 Å². The number of hydrogen-bond donors (Lipinski definition) is 0. The van der Waals surface area contributed by atoms with Gasteiger partial charge in [0.25, 0.3) is 0 Å². The van der Waals surface area contributed by atoms with Crippen molar-refractivity contribution in [1.29, 1.82) is 0 Å². The first-order valence-corrected chi connectivity index (χ1v) is 7.77. The third-order valence-corrected chi connectivity index (χ3v) is 3.52. The first-order chi connectivity index (χ1) is 9.45. The van der Waals surface area contributed by atoms with Gasteiger partial charge < -0.3 is 0 Å². The van der Waals surface area contributed by atoms with Crippen molar-refractivity contribution in [3.8, 4) is 23.7 Å². The molecule has 20 heavy (non-hydrogen) atoms. The standard InChI is InChI=1S/C18H32N2/c1-17(2)19(5)15-13-11-9-7-8-10-12-14-16-20(6)18(3)4/h17-18H,7-10,15-16H2,1-6H3. The molecule has 0 unspecified atom stereocenters. The molecule has 0 fully saturated rings. The topological polar surface area (TPSA) is 6.48 Å². The number of rotatable bonds is 7. The molecular weight excluding hydrogens is 244 g/mol. The summed E-state index contributed by atoms with van der Waals surface area (Å²) in [6, 6.07) is 1.15. The molecule has 0 saturated heterocycles. The molecule has 0 N–H and O–H groups in total. The predicted octanol–water partition coefficient (Wildman–Crippen LogP) is 3.23. The lowest BCUT2D eigenvalue weighted by Gasteiger charge is -2.17. The van der Waals surface area contributed by atoms with Gasteiger partial charge in [0.05, 0.1) is 13.1 Å². The Morgan fingerprint density at radius 2 is 1.00 bits per heavy atom. The molecule has 0 amide bonds. The van der Waals surface area contributed by atoms with Crippen LogP contribution in [0.25, 0.3) is 0 Å². The van der Waals surface area contributed by atoms with Crippen LogP contribution in [0.4, 0.5) is 0 Å². The number of unbranched alkanes of at least 4 members (excludes halogenated alkanes) is 3. The van der Waals surface area contributed by atoms with Gasteiger partial charge in [-0.2, -0.15) is 0 Å². The smallest absolute Gasteiger partial charge is 0.0601 e. The molecule has 0 atom stereocenters. The van der Waals surface area contributed by atoms with Crippen LogP contribution in [0.15, 0.2) is 0 Å². The van der Waals surface area contributed by atoms with Crippen molar-refractivity contribution in [2.75, 3.05) is 27.2 Å². The van der Waals surface area contributed by atoms with Crippen LogP contribution >= 0.6 is 0 Å². The fourth-order valence-corrected chi connectivity index (χ4v) is 1.33. The maximum Gasteiger partial charge on any atom is 0.0601 e. The highest BCUT2D eigenvalue weighted by atomic mass is 15.1. The van der Waals surface area contributed by atoms with Crippen LogP contribution in [-0.2, 0) is 0 Å². The van der Waals surface area contributed by atoms with E-state index < -0.39 is 0 Å². The van der Waals surface area contributed by atoms with Crippen molar-refractivity contribution in [2.24, 2.45) is 0 Å². The third-order valence-electron chi connectivity index (χ3n) is 3.52. The van der Waals surface area contributed by atoms with Crippen molar-refractivity contribution in [2.45, 2.75) is 65.5 Å². The molecule has 2 nitrogen and oxygen atoms in total. The molecular formula is C18H32N2. The molecule has 0 radical (unpaired) electrons. The fraction of sp³-hybridized carbons (Fsp3) is 0.778. The Morgan fingerprint density at radius 3 is 1.30 bits per heavy atom. The average Bonchev–Trinajstić information content (AvgIpc) is 2.39. The Kier molecular flexibility index (Phi) is 11.3. The Morgan fingerprint density at radius 1 is 0.650 bits per heavy atom. The van der Waals surface area contributed by atoms with Crippen LogP contribution in [0.1, 0.15) is 53.4 Å². The summed E-state index contributed by atoms with van der Waals surface area (Å²) < 4.78 is 0. The SMILES string of the molecule is CC(C)N(C)CC#CCCCCC#CCN(C)C(C)C. The highest BCUT2D eigenvalue weighted by molar-refractivity contribution is 5.03. The van der Waals surface area contributed by atoms with Gasteiger partial charge in [-0.25, -0.2) is 0 Å². The van der Waals surface area contributed by atoms with Gasteiger partial charge in [0.1, 0.15) is 0 Å². The van der Waals surface area contributed by atoms with Crippen molar-refractivity contribution < 1.29 is 0 Å². The minimum Gasteiger partial charge on any atom is -0.293 e. The Hall–Kier alpha value is -0.960. The van der Waals surface area contributed by atoms with E-state index in [-0.39, 0.29) is 0 Å². The Bertz CT molecular complexity index is 313. The lowest BCUT2D eigenvalue weighted by molar-refractivity contribution is 0.307. The molecule has 0 aliphatic carbocycles. The summed E-state index contributed by atoms with van der Waals surface area (Å²) in [6.45, 7) is 10.5. The zero-order valence-corrected chi connectivity index (χ0v) is 14.3. The van der Waals surface area contributed by atoms with Crippen molar-refractivity contribution in [3.05, 3.63) is 0 Å². The lowest BCUT2D eigenvalue weighted by Crippen LogP contribution is -2.26. The minimum atomic E-state index is 0.573. The first-order valence-electron chi connectivity index (χ1n) is 7.77. The average molecular weight is 276 g/mol. The van der Waals surface area contributed by atoms with Crippen LogP contribution < -0.4 is 0 Å². The molecule has 0 aromatic heterocycles. The summed E-state index contributed by atoms with van der Waals surface area (Å²) in [6.07, 6.45) is 4.32. The van der Waals surface area contributed by atoms with Crippen LogP contribution in [0.5, 0.6) is 0 Å². The van der Waals surface area contributed by atoms with Gasteiger partial charge in [0.15, 0.2) is 0 Å². The van der Waals surface area contributed by atoms with E-state index in [4.69, 9.17) is 0 Å². The van der Waals surface area contributed by atoms with E-state index in [0.29, 0.717) is 12.1 Å². The largest absolute Gasteiger partial charge is 0.293 e. The van der Waals surface area contributed by atoms with E-state index in [1.807, 2.05) is 0 Å². The second-order valence-electron chi connectivity index (χ2n) is 5.93. The molecule has 0 aromatic carbocycles. The summed E-state index contributed by atoms with van der Waals surface area (Å²) in [7, 11) is 4.23. The molecule has 0 heterocycles. The maximum atomic E-state index is 3.25.